The van der Waals surface area contributed by atoms with Crippen molar-refractivity contribution in [2.75, 3.05) is 25.6 Å². The maximum absolute atomic E-state index is 12.1. The molecule has 1 aromatic carbocycles. The minimum Gasteiger partial charge on any atom is -0.467 e. The summed E-state index contributed by atoms with van der Waals surface area (Å²) in [6.07, 6.45) is 1.47. The highest BCUT2D eigenvalue weighted by Crippen LogP contribution is 2.14. The van der Waals surface area contributed by atoms with Gasteiger partial charge in [0.15, 0.2) is 0 Å². The number of nitrogens with one attached hydrogen (secondary N) is 3. The van der Waals surface area contributed by atoms with Crippen LogP contribution in [0.5, 0.6) is 0 Å². The molecule has 0 saturated carbocycles. The van der Waals surface area contributed by atoms with Crippen LogP contribution < -0.4 is 16.0 Å². The predicted molar refractivity (Wildman–Crippen MR) is 89.8 cm³/mol. The van der Waals surface area contributed by atoms with Crippen molar-refractivity contribution in [1.82, 2.24) is 10.6 Å². The SMILES string of the molecule is COCCNC(=O)c1ccccc1NC(=O)C(=O)NCc1ccco1. The molecule has 0 radical (unpaired) electrons. The van der Waals surface area contributed by atoms with Crippen LogP contribution in [0.4, 0.5) is 5.69 Å². The van der Waals surface area contributed by atoms with Gasteiger partial charge in [-0.2, -0.15) is 0 Å². The fourth-order valence-electron chi connectivity index (χ4n) is 1.99. The summed E-state index contributed by atoms with van der Waals surface area (Å²) in [5.41, 5.74) is 0.501. The highest BCUT2D eigenvalue weighted by atomic mass is 16.5. The van der Waals surface area contributed by atoms with E-state index in [1.807, 2.05) is 0 Å². The molecule has 0 spiro atoms. The van der Waals surface area contributed by atoms with Crippen LogP contribution in [0, 0.1) is 0 Å². The molecule has 0 bridgehead atoms. The van der Waals surface area contributed by atoms with Gasteiger partial charge >= 0.3 is 11.8 Å². The minimum absolute atomic E-state index is 0.0956. The summed E-state index contributed by atoms with van der Waals surface area (Å²) >= 11 is 0. The third-order valence-electron chi connectivity index (χ3n) is 3.22. The number of rotatable bonds is 7. The standard InChI is InChI=1S/C17H19N3O5/c1-24-10-8-18-15(21)13-6-2-3-7-14(13)20-17(23)16(22)19-11-12-5-4-9-25-12/h2-7,9H,8,10-11H2,1H3,(H,18,21)(H,19,22)(H,20,23). The van der Waals surface area contributed by atoms with Gasteiger partial charge in [-0.05, 0) is 24.3 Å². The van der Waals surface area contributed by atoms with Crippen LogP contribution in [-0.2, 0) is 20.9 Å². The number of anilines is 1. The molecule has 0 fully saturated rings. The molecular formula is C17H19N3O5. The fraction of sp³-hybridized carbons (Fsp3) is 0.235. The lowest BCUT2D eigenvalue weighted by Gasteiger charge is -2.11. The number of carbonyl (C=O) groups is 3. The molecule has 3 N–H and O–H groups in total. The number of hydrogen-bond donors (Lipinski definition) is 3. The first-order valence-corrected chi connectivity index (χ1v) is 7.59. The number of para-hydroxylation sites is 1. The van der Waals surface area contributed by atoms with Crippen LogP contribution in [0.1, 0.15) is 16.1 Å². The third-order valence-corrected chi connectivity index (χ3v) is 3.22. The Morgan fingerprint density at radius 1 is 1.04 bits per heavy atom. The number of amides is 3. The zero-order valence-corrected chi connectivity index (χ0v) is 13.7. The molecule has 8 nitrogen and oxygen atoms in total. The van der Waals surface area contributed by atoms with E-state index >= 15 is 0 Å². The zero-order chi connectivity index (χ0) is 18.1. The Bertz CT molecular complexity index is 728. The Morgan fingerprint density at radius 3 is 2.56 bits per heavy atom. The Labute approximate surface area is 144 Å². The summed E-state index contributed by atoms with van der Waals surface area (Å²) in [5.74, 6) is -1.54. The lowest BCUT2D eigenvalue weighted by atomic mass is 10.1. The van der Waals surface area contributed by atoms with Crippen LogP contribution in [0.2, 0.25) is 0 Å². The van der Waals surface area contributed by atoms with Crippen LogP contribution in [-0.4, -0.2) is 38.0 Å². The monoisotopic (exact) mass is 345 g/mol. The number of methoxy groups -OCH3 is 1. The van der Waals surface area contributed by atoms with E-state index in [9.17, 15) is 14.4 Å². The van der Waals surface area contributed by atoms with Gasteiger partial charge in [0.25, 0.3) is 5.91 Å². The molecule has 0 aliphatic carbocycles. The quantitative estimate of drug-likeness (QED) is 0.510. The van der Waals surface area contributed by atoms with Gasteiger partial charge in [-0.3, -0.25) is 14.4 Å². The van der Waals surface area contributed by atoms with Crippen molar-refractivity contribution >= 4 is 23.4 Å². The van der Waals surface area contributed by atoms with Crippen molar-refractivity contribution in [2.45, 2.75) is 6.54 Å². The Hall–Kier alpha value is -3.13. The van der Waals surface area contributed by atoms with E-state index in [4.69, 9.17) is 9.15 Å². The smallest absolute Gasteiger partial charge is 0.313 e. The second-order valence-electron chi connectivity index (χ2n) is 5.01. The molecule has 0 saturated heterocycles. The average molecular weight is 345 g/mol. The number of furan rings is 1. The van der Waals surface area contributed by atoms with Crippen molar-refractivity contribution < 1.29 is 23.5 Å². The van der Waals surface area contributed by atoms with Gasteiger partial charge in [0.2, 0.25) is 0 Å². The summed E-state index contributed by atoms with van der Waals surface area (Å²) in [4.78, 5) is 36.0. The number of ether oxygens (including phenoxy) is 1. The van der Waals surface area contributed by atoms with Gasteiger partial charge in [0, 0.05) is 13.7 Å². The topological polar surface area (TPSA) is 110 Å². The first-order valence-electron chi connectivity index (χ1n) is 7.59. The Balaban J connectivity index is 1.95. The van der Waals surface area contributed by atoms with E-state index in [-0.39, 0.29) is 23.7 Å². The lowest BCUT2D eigenvalue weighted by molar-refractivity contribution is -0.136. The summed E-state index contributed by atoms with van der Waals surface area (Å²) in [6, 6.07) is 9.78. The zero-order valence-electron chi connectivity index (χ0n) is 13.7. The van der Waals surface area contributed by atoms with Crippen molar-refractivity contribution in [2.24, 2.45) is 0 Å². The van der Waals surface area contributed by atoms with Gasteiger partial charge in [0.05, 0.1) is 30.7 Å². The van der Waals surface area contributed by atoms with E-state index in [1.54, 1.807) is 36.4 Å². The normalized spacial score (nSPS) is 10.1. The van der Waals surface area contributed by atoms with Crippen molar-refractivity contribution in [3.8, 4) is 0 Å². The molecule has 1 heterocycles. The maximum atomic E-state index is 12.1. The molecule has 0 unspecified atom stereocenters. The molecular weight excluding hydrogens is 326 g/mol. The molecule has 0 aliphatic heterocycles. The summed E-state index contributed by atoms with van der Waals surface area (Å²) in [5, 5.41) is 7.53. The summed E-state index contributed by atoms with van der Waals surface area (Å²) in [7, 11) is 1.53. The number of carbonyl (C=O) groups excluding carboxylic acids is 3. The van der Waals surface area contributed by atoms with Gasteiger partial charge in [-0.15, -0.1) is 0 Å². The van der Waals surface area contributed by atoms with Gasteiger partial charge in [-0.25, -0.2) is 0 Å². The van der Waals surface area contributed by atoms with Crippen LogP contribution in [0.25, 0.3) is 0 Å². The summed E-state index contributed by atoms with van der Waals surface area (Å²) < 4.78 is 9.94. The van der Waals surface area contributed by atoms with Gasteiger partial charge < -0.3 is 25.1 Å². The largest absolute Gasteiger partial charge is 0.467 e. The molecule has 3 amide bonds. The molecule has 132 valence electrons. The molecule has 25 heavy (non-hydrogen) atoms. The summed E-state index contributed by atoms with van der Waals surface area (Å²) in [6.45, 7) is 0.801. The minimum atomic E-state index is -0.872. The highest BCUT2D eigenvalue weighted by molar-refractivity contribution is 6.40. The van der Waals surface area contributed by atoms with Gasteiger partial charge in [-0.1, -0.05) is 12.1 Å². The third kappa shape index (κ3) is 5.47. The van der Waals surface area contributed by atoms with Crippen LogP contribution in [0.3, 0.4) is 0 Å². The molecule has 2 rings (SSSR count). The van der Waals surface area contributed by atoms with E-state index in [0.29, 0.717) is 18.9 Å². The fourth-order valence-corrected chi connectivity index (χ4v) is 1.99. The Morgan fingerprint density at radius 2 is 1.84 bits per heavy atom. The van der Waals surface area contributed by atoms with Crippen molar-refractivity contribution in [1.29, 1.82) is 0 Å². The van der Waals surface area contributed by atoms with E-state index in [2.05, 4.69) is 16.0 Å². The highest BCUT2D eigenvalue weighted by Gasteiger charge is 2.17. The molecule has 8 heteroatoms. The lowest BCUT2D eigenvalue weighted by Crippen LogP contribution is -2.35. The van der Waals surface area contributed by atoms with E-state index in [1.165, 1.54) is 13.4 Å². The molecule has 1 aromatic heterocycles. The number of hydrogen-bond acceptors (Lipinski definition) is 5. The second kappa shape index (κ2) is 9.24. The predicted octanol–water partition coefficient (Wildman–Crippen LogP) is 0.911. The van der Waals surface area contributed by atoms with E-state index < -0.39 is 11.8 Å². The van der Waals surface area contributed by atoms with E-state index in [0.717, 1.165) is 0 Å². The first kappa shape index (κ1) is 18.2. The van der Waals surface area contributed by atoms with Crippen LogP contribution in [0.15, 0.2) is 47.1 Å². The van der Waals surface area contributed by atoms with Crippen molar-refractivity contribution in [3.05, 3.63) is 54.0 Å². The molecule has 0 aliphatic rings. The second-order valence-corrected chi connectivity index (χ2v) is 5.01. The average Bonchev–Trinajstić information content (AvgIpc) is 3.13. The maximum Gasteiger partial charge on any atom is 0.313 e. The van der Waals surface area contributed by atoms with Gasteiger partial charge in [0.1, 0.15) is 5.76 Å². The Kier molecular flexibility index (Phi) is 6.73. The molecule has 2 aromatic rings. The molecule has 0 atom stereocenters. The van der Waals surface area contributed by atoms with Crippen LogP contribution >= 0.6 is 0 Å². The number of benzene rings is 1. The first-order chi connectivity index (χ1) is 12.1. The van der Waals surface area contributed by atoms with Crippen molar-refractivity contribution in [3.63, 3.8) is 0 Å².